The molecule has 7 nitrogen and oxygen atoms in total. The zero-order chi connectivity index (χ0) is 22.0. The van der Waals surface area contributed by atoms with Crippen molar-refractivity contribution >= 4 is 11.6 Å². The van der Waals surface area contributed by atoms with Crippen LogP contribution in [0.5, 0.6) is 5.75 Å². The summed E-state index contributed by atoms with van der Waals surface area (Å²) in [5, 5.41) is 20.5. The molecule has 2 N–H and O–H groups in total. The molecule has 2 aromatic heterocycles. The van der Waals surface area contributed by atoms with Gasteiger partial charge in [0, 0.05) is 11.9 Å². The van der Waals surface area contributed by atoms with Crippen molar-refractivity contribution in [2.75, 3.05) is 5.32 Å². The number of halogens is 3. The minimum atomic E-state index is -4.54. The Morgan fingerprint density at radius 2 is 1.84 bits per heavy atom. The fraction of sp³-hybridized carbons (Fsp3) is 0.0476. The molecule has 31 heavy (non-hydrogen) atoms. The van der Waals surface area contributed by atoms with E-state index < -0.39 is 17.6 Å². The minimum absolute atomic E-state index is 0.0529. The third-order valence-electron chi connectivity index (χ3n) is 4.36. The third kappa shape index (κ3) is 4.37. The average molecular weight is 425 g/mol. The predicted octanol–water partition coefficient (Wildman–Crippen LogP) is 4.31. The number of nitrogens with zero attached hydrogens (tertiary/aromatic N) is 4. The fourth-order valence-corrected chi connectivity index (χ4v) is 2.84. The minimum Gasteiger partial charge on any atom is -0.507 e. The standard InChI is InChI=1S/C21H14F3N5O2/c22-21(23,24)13-4-3-5-14(10-13)26-20(31)16-11-15(7-8-19(16)30)29-12-18(27-28-29)17-6-1-2-9-25-17/h1-12,30H,(H,26,31). The van der Waals surface area contributed by atoms with Crippen molar-refractivity contribution in [3.05, 3.63) is 84.2 Å². The van der Waals surface area contributed by atoms with Gasteiger partial charge < -0.3 is 10.4 Å². The summed E-state index contributed by atoms with van der Waals surface area (Å²) in [4.78, 5) is 16.8. The Labute approximate surface area is 173 Å². The average Bonchev–Trinajstić information content (AvgIpc) is 3.24. The van der Waals surface area contributed by atoms with Crippen molar-refractivity contribution in [2.45, 2.75) is 6.18 Å². The molecule has 1 amide bonds. The van der Waals surface area contributed by atoms with Crippen LogP contribution in [0.15, 0.2) is 73.1 Å². The summed E-state index contributed by atoms with van der Waals surface area (Å²) >= 11 is 0. The number of hydrogen-bond acceptors (Lipinski definition) is 5. The Morgan fingerprint density at radius 3 is 2.58 bits per heavy atom. The summed E-state index contributed by atoms with van der Waals surface area (Å²) in [5.41, 5.74) is 0.445. The molecule has 2 heterocycles. The SMILES string of the molecule is O=C(Nc1cccc(C(F)(F)F)c1)c1cc(-n2cc(-c3ccccn3)nn2)ccc1O. The number of carbonyl (C=O) groups is 1. The van der Waals surface area contributed by atoms with E-state index in [4.69, 9.17) is 0 Å². The molecule has 0 aliphatic heterocycles. The van der Waals surface area contributed by atoms with Crippen molar-refractivity contribution in [1.29, 1.82) is 0 Å². The Kier molecular flexibility index (Phi) is 5.12. The van der Waals surface area contributed by atoms with Gasteiger partial charge in [0.15, 0.2) is 0 Å². The van der Waals surface area contributed by atoms with Crippen molar-refractivity contribution in [3.8, 4) is 22.8 Å². The van der Waals surface area contributed by atoms with Crippen LogP contribution in [-0.2, 0) is 6.18 Å². The molecule has 0 saturated carbocycles. The predicted molar refractivity (Wildman–Crippen MR) is 106 cm³/mol. The van der Waals surface area contributed by atoms with Crippen LogP contribution in [0.1, 0.15) is 15.9 Å². The van der Waals surface area contributed by atoms with E-state index in [1.807, 2.05) is 0 Å². The second-order valence-corrected chi connectivity index (χ2v) is 6.50. The van der Waals surface area contributed by atoms with Gasteiger partial charge in [-0.25, -0.2) is 4.68 Å². The van der Waals surface area contributed by atoms with E-state index in [2.05, 4.69) is 20.6 Å². The maximum Gasteiger partial charge on any atom is 0.416 e. The first-order valence-electron chi connectivity index (χ1n) is 8.97. The van der Waals surface area contributed by atoms with Crippen molar-refractivity contribution in [2.24, 2.45) is 0 Å². The molecule has 4 rings (SSSR count). The van der Waals surface area contributed by atoms with Gasteiger partial charge in [-0.3, -0.25) is 9.78 Å². The third-order valence-corrected chi connectivity index (χ3v) is 4.36. The number of pyridine rings is 1. The molecule has 0 aliphatic rings. The van der Waals surface area contributed by atoms with E-state index in [0.29, 0.717) is 17.1 Å². The van der Waals surface area contributed by atoms with Crippen LogP contribution in [-0.4, -0.2) is 31.0 Å². The highest BCUT2D eigenvalue weighted by atomic mass is 19.4. The lowest BCUT2D eigenvalue weighted by Gasteiger charge is -2.11. The number of rotatable bonds is 4. The summed E-state index contributed by atoms with van der Waals surface area (Å²) in [5.74, 6) is -1.11. The lowest BCUT2D eigenvalue weighted by molar-refractivity contribution is -0.137. The van der Waals surface area contributed by atoms with Crippen molar-refractivity contribution in [1.82, 2.24) is 20.0 Å². The van der Waals surface area contributed by atoms with Crippen LogP contribution >= 0.6 is 0 Å². The van der Waals surface area contributed by atoms with E-state index in [1.54, 1.807) is 30.6 Å². The second-order valence-electron chi connectivity index (χ2n) is 6.50. The number of anilines is 1. The maximum absolute atomic E-state index is 12.9. The number of aromatic nitrogens is 4. The molecule has 0 unspecified atom stereocenters. The first-order valence-corrected chi connectivity index (χ1v) is 8.97. The molecular weight excluding hydrogens is 411 g/mol. The van der Waals surface area contributed by atoms with Gasteiger partial charge in [0.05, 0.1) is 28.7 Å². The largest absolute Gasteiger partial charge is 0.507 e. The molecule has 0 saturated heterocycles. The number of aromatic hydroxyl groups is 1. The van der Waals surface area contributed by atoms with Gasteiger partial charge in [-0.15, -0.1) is 5.10 Å². The first kappa shape index (κ1) is 20.1. The zero-order valence-corrected chi connectivity index (χ0v) is 15.7. The number of alkyl halides is 3. The Balaban J connectivity index is 1.60. The van der Waals surface area contributed by atoms with Crippen LogP contribution in [0.2, 0.25) is 0 Å². The van der Waals surface area contributed by atoms with Gasteiger partial charge in [0.25, 0.3) is 5.91 Å². The zero-order valence-electron chi connectivity index (χ0n) is 15.7. The summed E-state index contributed by atoms with van der Waals surface area (Å²) in [7, 11) is 0. The summed E-state index contributed by atoms with van der Waals surface area (Å²) in [6, 6.07) is 13.7. The number of carbonyl (C=O) groups excluding carboxylic acids is 1. The molecule has 0 bridgehead atoms. The van der Waals surface area contributed by atoms with Crippen LogP contribution in [0.25, 0.3) is 17.1 Å². The second kappa shape index (κ2) is 7.90. The van der Waals surface area contributed by atoms with E-state index >= 15 is 0 Å². The number of benzene rings is 2. The quantitative estimate of drug-likeness (QED) is 0.508. The highest BCUT2D eigenvalue weighted by Gasteiger charge is 2.30. The van der Waals surface area contributed by atoms with Gasteiger partial charge in [-0.1, -0.05) is 17.3 Å². The van der Waals surface area contributed by atoms with Crippen LogP contribution < -0.4 is 5.32 Å². The number of nitrogens with one attached hydrogen (secondary N) is 1. The number of phenolic OH excluding ortho intramolecular Hbond substituents is 1. The van der Waals surface area contributed by atoms with Gasteiger partial charge in [-0.2, -0.15) is 13.2 Å². The van der Waals surface area contributed by atoms with Crippen LogP contribution in [0.4, 0.5) is 18.9 Å². The van der Waals surface area contributed by atoms with Crippen molar-refractivity contribution < 1.29 is 23.1 Å². The Hall–Kier alpha value is -4.21. The topological polar surface area (TPSA) is 92.9 Å². The molecule has 0 spiro atoms. The Bertz CT molecular complexity index is 1240. The normalized spacial score (nSPS) is 11.3. The molecule has 10 heteroatoms. The fourth-order valence-electron chi connectivity index (χ4n) is 2.84. The van der Waals surface area contributed by atoms with Gasteiger partial charge in [-0.05, 0) is 48.5 Å². The monoisotopic (exact) mass is 425 g/mol. The maximum atomic E-state index is 12.9. The molecule has 0 radical (unpaired) electrons. The molecular formula is C21H14F3N5O2. The summed E-state index contributed by atoms with van der Waals surface area (Å²) in [6.07, 6.45) is -1.32. The van der Waals surface area contributed by atoms with Crippen LogP contribution in [0, 0.1) is 0 Å². The molecule has 0 aliphatic carbocycles. The van der Waals surface area contributed by atoms with E-state index in [0.717, 1.165) is 12.1 Å². The Morgan fingerprint density at radius 1 is 1.00 bits per heavy atom. The first-order chi connectivity index (χ1) is 14.8. The number of hydrogen-bond donors (Lipinski definition) is 2. The molecule has 2 aromatic carbocycles. The highest BCUT2D eigenvalue weighted by molar-refractivity contribution is 6.06. The van der Waals surface area contributed by atoms with Gasteiger partial charge in [0.1, 0.15) is 11.4 Å². The molecule has 0 atom stereocenters. The number of phenols is 1. The number of amides is 1. The molecule has 4 aromatic rings. The molecule has 0 fully saturated rings. The van der Waals surface area contributed by atoms with Crippen molar-refractivity contribution in [3.63, 3.8) is 0 Å². The molecule has 156 valence electrons. The summed E-state index contributed by atoms with van der Waals surface area (Å²) in [6.45, 7) is 0. The van der Waals surface area contributed by atoms with E-state index in [-0.39, 0.29) is 17.0 Å². The smallest absolute Gasteiger partial charge is 0.416 e. The van der Waals surface area contributed by atoms with E-state index in [1.165, 1.54) is 35.0 Å². The van der Waals surface area contributed by atoms with Gasteiger partial charge >= 0.3 is 6.18 Å². The van der Waals surface area contributed by atoms with E-state index in [9.17, 15) is 23.1 Å². The van der Waals surface area contributed by atoms with Gasteiger partial charge in [0.2, 0.25) is 0 Å². The van der Waals surface area contributed by atoms with Crippen LogP contribution in [0.3, 0.4) is 0 Å². The highest BCUT2D eigenvalue weighted by Crippen LogP contribution is 2.31. The lowest BCUT2D eigenvalue weighted by atomic mass is 10.1. The lowest BCUT2D eigenvalue weighted by Crippen LogP contribution is -2.14. The summed E-state index contributed by atoms with van der Waals surface area (Å²) < 4.78 is 40.0.